The highest BCUT2D eigenvalue weighted by Crippen LogP contribution is 2.53. The highest BCUT2D eigenvalue weighted by Gasteiger charge is 2.37. The summed E-state index contributed by atoms with van der Waals surface area (Å²) in [5.41, 5.74) is 15.8. The molecule has 292 valence electrons. The number of benzene rings is 10. The van der Waals surface area contributed by atoms with Gasteiger partial charge in [-0.05, 0) is 136 Å². The summed E-state index contributed by atoms with van der Waals surface area (Å²) in [5, 5.41) is 10.0. The van der Waals surface area contributed by atoms with Crippen molar-refractivity contribution in [2.24, 2.45) is 0 Å². The maximum atomic E-state index is 4.37. The van der Waals surface area contributed by atoms with Crippen molar-refractivity contribution >= 4 is 60.2 Å². The Morgan fingerprint density at radius 1 is 0.371 bits per heavy atom. The van der Waals surface area contributed by atoms with Crippen LogP contribution in [0.4, 0.5) is 17.1 Å². The molecule has 12 rings (SSSR count). The summed E-state index contributed by atoms with van der Waals surface area (Å²) in [7, 11) is 0. The molecule has 1 aromatic heterocycles. The summed E-state index contributed by atoms with van der Waals surface area (Å²) >= 11 is 0. The second-order valence-corrected chi connectivity index (χ2v) is 17.1. The van der Waals surface area contributed by atoms with Gasteiger partial charge in [0, 0.05) is 34.6 Å². The first-order valence-electron chi connectivity index (χ1n) is 21.5. The summed E-state index contributed by atoms with van der Waals surface area (Å²) in [6, 6.07) is 76.1. The SMILES string of the molecule is CC1(C)c2cc(-c3c4ccccc4c(-c4cccc5ccccc45)c4ccccc34)ccc2-c2ccc(N(c3ccc(-c4cccnc4)cc3)c3cccc4ccccc34)cc21. The minimum absolute atomic E-state index is 0.250. The molecule has 0 saturated carbocycles. The predicted molar refractivity (Wildman–Crippen MR) is 263 cm³/mol. The molecule has 1 aliphatic rings. The molecule has 0 N–H and O–H groups in total. The molecule has 1 aliphatic carbocycles. The summed E-state index contributed by atoms with van der Waals surface area (Å²) in [4.78, 5) is 6.80. The van der Waals surface area contributed by atoms with Crippen LogP contribution in [-0.2, 0) is 5.41 Å². The second-order valence-electron chi connectivity index (χ2n) is 17.1. The fourth-order valence-corrected chi connectivity index (χ4v) is 10.4. The van der Waals surface area contributed by atoms with Gasteiger partial charge in [0.15, 0.2) is 0 Å². The van der Waals surface area contributed by atoms with Crippen LogP contribution in [0, 0.1) is 0 Å². The molecular formula is C60H42N2. The summed E-state index contributed by atoms with van der Waals surface area (Å²) in [6.07, 6.45) is 3.75. The first-order valence-corrected chi connectivity index (χ1v) is 21.5. The van der Waals surface area contributed by atoms with E-state index in [0.29, 0.717) is 0 Å². The molecule has 62 heavy (non-hydrogen) atoms. The molecule has 0 amide bonds. The van der Waals surface area contributed by atoms with Crippen molar-refractivity contribution in [3.05, 3.63) is 230 Å². The lowest BCUT2D eigenvalue weighted by atomic mass is 9.80. The first-order chi connectivity index (χ1) is 30.5. The van der Waals surface area contributed by atoms with Gasteiger partial charge in [-0.1, -0.05) is 178 Å². The van der Waals surface area contributed by atoms with Crippen LogP contribution >= 0.6 is 0 Å². The van der Waals surface area contributed by atoms with Gasteiger partial charge in [0.2, 0.25) is 0 Å². The largest absolute Gasteiger partial charge is 0.310 e. The third-order valence-electron chi connectivity index (χ3n) is 13.3. The Labute approximate surface area is 362 Å². The third kappa shape index (κ3) is 5.61. The number of pyridine rings is 1. The van der Waals surface area contributed by atoms with Crippen LogP contribution in [0.15, 0.2) is 219 Å². The van der Waals surface area contributed by atoms with E-state index < -0.39 is 0 Å². The van der Waals surface area contributed by atoms with Crippen molar-refractivity contribution < 1.29 is 0 Å². The molecule has 0 unspecified atom stereocenters. The number of anilines is 3. The Morgan fingerprint density at radius 3 is 1.58 bits per heavy atom. The van der Waals surface area contributed by atoms with Gasteiger partial charge in [-0.25, -0.2) is 0 Å². The van der Waals surface area contributed by atoms with Crippen LogP contribution in [0.3, 0.4) is 0 Å². The highest BCUT2D eigenvalue weighted by atomic mass is 15.1. The molecule has 0 bridgehead atoms. The van der Waals surface area contributed by atoms with E-state index in [0.717, 1.165) is 28.2 Å². The number of rotatable bonds is 6. The average molecular weight is 791 g/mol. The van der Waals surface area contributed by atoms with Crippen LogP contribution < -0.4 is 4.90 Å². The molecule has 1 heterocycles. The molecule has 0 aliphatic heterocycles. The van der Waals surface area contributed by atoms with E-state index in [1.54, 1.807) is 0 Å². The van der Waals surface area contributed by atoms with Gasteiger partial charge in [-0.3, -0.25) is 4.98 Å². The Bertz CT molecular complexity index is 3480. The standard InChI is InChI=1S/C60H42N2/c1-60(2)55-36-42(58-51-21-7-9-23-53(51)59(54-24-10-8-22-52(54)58)50-25-11-16-40-14-3-5-19-46(40)50)29-33-48(55)49-34-32-45(37-56(49)60)62(57-26-12-17-41-15-4-6-20-47(41)57)44-30-27-39(28-31-44)43-18-13-35-61-38-43/h3-38H,1-2H3. The van der Waals surface area contributed by atoms with E-state index in [4.69, 9.17) is 0 Å². The molecule has 2 nitrogen and oxygen atoms in total. The molecule has 0 radical (unpaired) electrons. The van der Waals surface area contributed by atoms with Crippen molar-refractivity contribution in [1.29, 1.82) is 0 Å². The molecular weight excluding hydrogens is 749 g/mol. The van der Waals surface area contributed by atoms with Gasteiger partial charge in [-0.15, -0.1) is 0 Å². The minimum Gasteiger partial charge on any atom is -0.310 e. The molecule has 11 aromatic rings. The average Bonchev–Trinajstić information content (AvgIpc) is 3.55. The molecule has 10 aromatic carbocycles. The topological polar surface area (TPSA) is 16.1 Å². The first kappa shape index (κ1) is 36.1. The third-order valence-corrected chi connectivity index (χ3v) is 13.3. The quantitative estimate of drug-likeness (QED) is 0.156. The number of fused-ring (bicyclic) bond motifs is 7. The van der Waals surface area contributed by atoms with Gasteiger partial charge in [0.05, 0.1) is 5.69 Å². The van der Waals surface area contributed by atoms with Crippen LogP contribution in [-0.4, -0.2) is 4.98 Å². The molecule has 0 saturated heterocycles. The van der Waals surface area contributed by atoms with E-state index in [1.807, 2.05) is 18.5 Å². The smallest absolute Gasteiger partial charge is 0.0540 e. The highest BCUT2D eigenvalue weighted by molar-refractivity contribution is 6.23. The van der Waals surface area contributed by atoms with E-state index in [-0.39, 0.29) is 5.41 Å². The van der Waals surface area contributed by atoms with E-state index >= 15 is 0 Å². The monoisotopic (exact) mass is 790 g/mol. The Kier molecular flexibility index (Phi) is 8.23. The number of hydrogen-bond donors (Lipinski definition) is 0. The van der Waals surface area contributed by atoms with Gasteiger partial charge >= 0.3 is 0 Å². The van der Waals surface area contributed by atoms with Crippen LogP contribution in [0.1, 0.15) is 25.0 Å². The Morgan fingerprint density at radius 2 is 0.903 bits per heavy atom. The van der Waals surface area contributed by atoms with E-state index in [1.165, 1.54) is 87.6 Å². The number of hydrogen-bond acceptors (Lipinski definition) is 2. The van der Waals surface area contributed by atoms with Gasteiger partial charge in [-0.2, -0.15) is 0 Å². The molecule has 0 fully saturated rings. The van der Waals surface area contributed by atoms with Crippen LogP contribution in [0.2, 0.25) is 0 Å². The zero-order valence-corrected chi connectivity index (χ0v) is 34.7. The van der Waals surface area contributed by atoms with Crippen molar-refractivity contribution in [2.75, 3.05) is 4.90 Å². The van der Waals surface area contributed by atoms with Gasteiger partial charge in [0.1, 0.15) is 0 Å². The molecule has 2 heteroatoms. The van der Waals surface area contributed by atoms with Crippen LogP contribution in [0.25, 0.3) is 87.6 Å². The zero-order chi connectivity index (χ0) is 41.4. The minimum atomic E-state index is -0.250. The molecule has 0 atom stereocenters. The summed E-state index contributed by atoms with van der Waals surface area (Å²) in [6.45, 7) is 4.80. The van der Waals surface area contributed by atoms with Crippen molar-refractivity contribution in [1.82, 2.24) is 4.98 Å². The van der Waals surface area contributed by atoms with E-state index in [9.17, 15) is 0 Å². The maximum Gasteiger partial charge on any atom is 0.0540 e. The van der Waals surface area contributed by atoms with Crippen molar-refractivity contribution in [3.8, 4) is 44.5 Å². The van der Waals surface area contributed by atoms with Crippen LogP contribution in [0.5, 0.6) is 0 Å². The maximum absolute atomic E-state index is 4.37. The lowest BCUT2D eigenvalue weighted by molar-refractivity contribution is 0.660. The van der Waals surface area contributed by atoms with Crippen molar-refractivity contribution in [3.63, 3.8) is 0 Å². The number of nitrogens with zero attached hydrogens (tertiary/aromatic N) is 2. The predicted octanol–water partition coefficient (Wildman–Crippen LogP) is 16.5. The fraction of sp³-hybridized carbons (Fsp3) is 0.0500. The lowest BCUT2D eigenvalue weighted by Crippen LogP contribution is -2.17. The molecule has 0 spiro atoms. The summed E-state index contributed by atoms with van der Waals surface area (Å²) in [5.74, 6) is 0. The normalized spacial score (nSPS) is 12.8. The summed E-state index contributed by atoms with van der Waals surface area (Å²) < 4.78 is 0. The second kappa shape index (κ2) is 14.1. The lowest BCUT2D eigenvalue weighted by Gasteiger charge is -2.29. The zero-order valence-electron chi connectivity index (χ0n) is 34.7. The van der Waals surface area contributed by atoms with Crippen molar-refractivity contribution in [2.45, 2.75) is 19.3 Å². The van der Waals surface area contributed by atoms with Gasteiger partial charge < -0.3 is 4.90 Å². The van der Waals surface area contributed by atoms with Gasteiger partial charge in [0.25, 0.3) is 0 Å². The number of aromatic nitrogens is 1. The Hall–Kier alpha value is -7.81. The van der Waals surface area contributed by atoms with E-state index in [2.05, 4.69) is 224 Å². The Balaban J connectivity index is 1.01. The fourth-order valence-electron chi connectivity index (χ4n) is 10.4.